The van der Waals surface area contributed by atoms with Gasteiger partial charge in [-0.2, -0.15) is 0 Å². The molecule has 0 spiro atoms. The van der Waals surface area contributed by atoms with Crippen molar-refractivity contribution in [2.24, 2.45) is 0 Å². The zero-order chi connectivity index (χ0) is 15.6. The predicted octanol–water partition coefficient (Wildman–Crippen LogP) is 5.47. The second-order valence-corrected chi connectivity index (χ2v) is 5.63. The van der Waals surface area contributed by atoms with Gasteiger partial charge in [-0.3, -0.25) is 0 Å². The SMILES string of the molecule is CCCCCCCOC(c1ccccc1)c1ccccc1O. The van der Waals surface area contributed by atoms with E-state index in [4.69, 9.17) is 4.74 Å². The third-order valence-corrected chi connectivity index (χ3v) is 3.85. The number of rotatable bonds is 9. The summed E-state index contributed by atoms with van der Waals surface area (Å²) in [5.41, 5.74) is 1.92. The number of hydrogen-bond donors (Lipinski definition) is 1. The van der Waals surface area contributed by atoms with Crippen LogP contribution >= 0.6 is 0 Å². The minimum atomic E-state index is -0.200. The van der Waals surface area contributed by atoms with Crippen LogP contribution < -0.4 is 0 Å². The monoisotopic (exact) mass is 298 g/mol. The first-order chi connectivity index (χ1) is 10.8. The fraction of sp³-hybridized carbons (Fsp3) is 0.400. The van der Waals surface area contributed by atoms with Crippen molar-refractivity contribution in [2.75, 3.05) is 6.61 Å². The fourth-order valence-electron chi connectivity index (χ4n) is 2.61. The highest BCUT2D eigenvalue weighted by molar-refractivity contribution is 5.39. The summed E-state index contributed by atoms with van der Waals surface area (Å²) in [5.74, 6) is 0.294. The van der Waals surface area contributed by atoms with Crippen LogP contribution in [0.15, 0.2) is 54.6 Å². The number of phenolic OH excluding ortho intramolecular Hbond substituents is 1. The Kier molecular flexibility index (Phi) is 6.98. The van der Waals surface area contributed by atoms with E-state index >= 15 is 0 Å². The topological polar surface area (TPSA) is 29.5 Å². The predicted molar refractivity (Wildman–Crippen MR) is 91.1 cm³/mol. The van der Waals surface area contributed by atoms with Crippen LogP contribution in [-0.2, 0) is 4.74 Å². The van der Waals surface area contributed by atoms with Crippen molar-refractivity contribution in [3.63, 3.8) is 0 Å². The molecular weight excluding hydrogens is 272 g/mol. The molecule has 0 saturated heterocycles. The molecule has 0 radical (unpaired) electrons. The van der Waals surface area contributed by atoms with E-state index in [1.165, 1.54) is 25.7 Å². The third kappa shape index (κ3) is 4.88. The van der Waals surface area contributed by atoms with Gasteiger partial charge < -0.3 is 9.84 Å². The van der Waals surface area contributed by atoms with Crippen molar-refractivity contribution in [3.05, 3.63) is 65.7 Å². The van der Waals surface area contributed by atoms with Gasteiger partial charge in [-0.15, -0.1) is 0 Å². The van der Waals surface area contributed by atoms with Gasteiger partial charge in [0.15, 0.2) is 0 Å². The summed E-state index contributed by atoms with van der Waals surface area (Å²) in [6, 6.07) is 17.5. The van der Waals surface area contributed by atoms with Gasteiger partial charge >= 0.3 is 0 Å². The summed E-state index contributed by atoms with van der Waals surface area (Å²) in [6.07, 6.45) is 5.89. The molecule has 0 amide bonds. The molecule has 22 heavy (non-hydrogen) atoms. The fourth-order valence-corrected chi connectivity index (χ4v) is 2.61. The largest absolute Gasteiger partial charge is 0.508 e. The van der Waals surface area contributed by atoms with Crippen LogP contribution in [0.5, 0.6) is 5.75 Å². The first kappa shape index (κ1) is 16.6. The molecule has 1 unspecified atom stereocenters. The van der Waals surface area contributed by atoms with Crippen LogP contribution in [0.1, 0.15) is 56.3 Å². The molecular formula is C20H26O2. The minimum absolute atomic E-state index is 0.200. The molecule has 0 bridgehead atoms. The average Bonchev–Trinajstić information content (AvgIpc) is 2.56. The Balaban J connectivity index is 2.02. The van der Waals surface area contributed by atoms with Gasteiger partial charge in [-0.1, -0.05) is 81.1 Å². The third-order valence-electron chi connectivity index (χ3n) is 3.85. The lowest BCUT2D eigenvalue weighted by Crippen LogP contribution is -2.08. The van der Waals surface area contributed by atoms with Crippen molar-refractivity contribution >= 4 is 0 Å². The van der Waals surface area contributed by atoms with Gasteiger partial charge in [0.2, 0.25) is 0 Å². The Labute approximate surface area is 133 Å². The number of aromatic hydroxyl groups is 1. The van der Waals surface area contributed by atoms with E-state index in [2.05, 4.69) is 6.92 Å². The summed E-state index contributed by atoms with van der Waals surface area (Å²) in [5, 5.41) is 10.1. The molecule has 0 aromatic heterocycles. The summed E-state index contributed by atoms with van der Waals surface area (Å²) in [6.45, 7) is 2.94. The van der Waals surface area contributed by atoms with E-state index in [9.17, 15) is 5.11 Å². The smallest absolute Gasteiger partial charge is 0.121 e. The van der Waals surface area contributed by atoms with Crippen LogP contribution in [0, 0.1) is 0 Å². The lowest BCUT2D eigenvalue weighted by molar-refractivity contribution is 0.0752. The van der Waals surface area contributed by atoms with E-state index in [1.54, 1.807) is 6.07 Å². The molecule has 0 fully saturated rings. The number of ether oxygens (including phenoxy) is 1. The van der Waals surface area contributed by atoms with Crippen molar-refractivity contribution in [1.29, 1.82) is 0 Å². The summed E-state index contributed by atoms with van der Waals surface area (Å²) in [4.78, 5) is 0. The normalized spacial score (nSPS) is 12.2. The highest BCUT2D eigenvalue weighted by atomic mass is 16.5. The van der Waals surface area contributed by atoms with E-state index in [0.717, 1.165) is 24.2 Å². The maximum Gasteiger partial charge on any atom is 0.121 e. The number of hydrogen-bond acceptors (Lipinski definition) is 2. The molecule has 2 heteroatoms. The van der Waals surface area contributed by atoms with Crippen molar-refractivity contribution in [2.45, 2.75) is 45.1 Å². The van der Waals surface area contributed by atoms with Crippen LogP contribution in [-0.4, -0.2) is 11.7 Å². The maximum absolute atomic E-state index is 10.1. The maximum atomic E-state index is 10.1. The molecule has 0 heterocycles. The lowest BCUT2D eigenvalue weighted by atomic mass is 10.0. The zero-order valence-corrected chi connectivity index (χ0v) is 13.4. The number of para-hydroxylation sites is 1. The number of phenols is 1. The highest BCUT2D eigenvalue weighted by Crippen LogP contribution is 2.32. The van der Waals surface area contributed by atoms with Gasteiger partial charge in [0.05, 0.1) is 0 Å². The number of benzene rings is 2. The molecule has 1 atom stereocenters. The van der Waals surface area contributed by atoms with E-state index in [1.807, 2.05) is 48.5 Å². The summed E-state index contributed by atoms with van der Waals surface area (Å²) >= 11 is 0. The molecule has 0 aliphatic rings. The summed E-state index contributed by atoms with van der Waals surface area (Å²) in [7, 11) is 0. The minimum Gasteiger partial charge on any atom is -0.508 e. The first-order valence-corrected chi connectivity index (χ1v) is 8.27. The Morgan fingerprint density at radius 3 is 2.27 bits per heavy atom. The quantitative estimate of drug-likeness (QED) is 0.622. The molecule has 0 saturated carbocycles. The molecule has 2 rings (SSSR count). The summed E-state index contributed by atoms with van der Waals surface area (Å²) < 4.78 is 6.12. The van der Waals surface area contributed by atoms with Crippen LogP contribution in [0.3, 0.4) is 0 Å². The van der Waals surface area contributed by atoms with Crippen LogP contribution in [0.25, 0.3) is 0 Å². The molecule has 2 nitrogen and oxygen atoms in total. The molecule has 2 aromatic carbocycles. The van der Waals surface area contributed by atoms with Gasteiger partial charge in [0.1, 0.15) is 11.9 Å². The van der Waals surface area contributed by atoms with E-state index in [-0.39, 0.29) is 6.10 Å². The molecule has 1 N–H and O–H groups in total. The molecule has 118 valence electrons. The molecule has 0 aliphatic heterocycles. The Morgan fingerprint density at radius 1 is 0.864 bits per heavy atom. The second kappa shape index (κ2) is 9.26. The second-order valence-electron chi connectivity index (χ2n) is 5.63. The van der Waals surface area contributed by atoms with Gasteiger partial charge in [0.25, 0.3) is 0 Å². The molecule has 0 aliphatic carbocycles. The van der Waals surface area contributed by atoms with Gasteiger partial charge in [-0.25, -0.2) is 0 Å². The molecule has 2 aromatic rings. The average molecular weight is 298 g/mol. The van der Waals surface area contributed by atoms with Crippen LogP contribution in [0.4, 0.5) is 0 Å². The standard InChI is InChI=1S/C20H26O2/c1-2-3-4-5-11-16-22-20(17-12-7-6-8-13-17)18-14-9-10-15-19(18)21/h6-10,12-15,20-21H,2-5,11,16H2,1H3. The number of unbranched alkanes of at least 4 members (excludes halogenated alkanes) is 4. The van der Waals surface area contributed by atoms with Crippen molar-refractivity contribution in [3.8, 4) is 5.75 Å². The van der Waals surface area contributed by atoms with Crippen molar-refractivity contribution < 1.29 is 9.84 Å². The first-order valence-electron chi connectivity index (χ1n) is 8.27. The van der Waals surface area contributed by atoms with Gasteiger partial charge in [-0.05, 0) is 18.1 Å². The van der Waals surface area contributed by atoms with E-state index in [0.29, 0.717) is 5.75 Å². The Bertz CT molecular complexity index is 536. The Morgan fingerprint density at radius 2 is 1.55 bits per heavy atom. The van der Waals surface area contributed by atoms with E-state index < -0.39 is 0 Å². The Hall–Kier alpha value is -1.80. The zero-order valence-electron chi connectivity index (χ0n) is 13.4. The van der Waals surface area contributed by atoms with Crippen LogP contribution in [0.2, 0.25) is 0 Å². The lowest BCUT2D eigenvalue weighted by Gasteiger charge is -2.20. The van der Waals surface area contributed by atoms with Gasteiger partial charge in [0, 0.05) is 12.2 Å². The van der Waals surface area contributed by atoms with Crippen molar-refractivity contribution in [1.82, 2.24) is 0 Å². The highest BCUT2D eigenvalue weighted by Gasteiger charge is 2.17.